The monoisotopic (exact) mass is 435 g/mol. The average Bonchev–Trinajstić information content (AvgIpc) is 2.78. The molecule has 0 heterocycles. The molecule has 0 saturated carbocycles. The summed E-state index contributed by atoms with van der Waals surface area (Å²) >= 11 is 5.87. The number of amides is 2. The van der Waals surface area contributed by atoms with E-state index >= 15 is 0 Å². The SMILES string of the molecule is Cc1ccc(C(=O)NCC(=O)NN=Cc2ccc(OCc3ccc(Cl)cc3)cc2)cc1. The molecule has 31 heavy (non-hydrogen) atoms. The normalized spacial score (nSPS) is 10.6. The molecule has 3 rings (SSSR count). The molecule has 0 aliphatic heterocycles. The predicted molar refractivity (Wildman–Crippen MR) is 121 cm³/mol. The van der Waals surface area contributed by atoms with Crippen LogP contribution in [-0.2, 0) is 11.4 Å². The van der Waals surface area contributed by atoms with Crippen LogP contribution in [0.3, 0.4) is 0 Å². The number of hydrogen-bond donors (Lipinski definition) is 2. The van der Waals surface area contributed by atoms with Crippen LogP contribution in [0.5, 0.6) is 5.75 Å². The Labute approximate surface area is 185 Å². The van der Waals surface area contributed by atoms with Gasteiger partial charge in [0.1, 0.15) is 12.4 Å². The number of benzene rings is 3. The Morgan fingerprint density at radius 3 is 2.32 bits per heavy atom. The number of carbonyl (C=O) groups is 2. The van der Waals surface area contributed by atoms with Crippen molar-refractivity contribution in [3.05, 3.63) is 100 Å². The molecule has 3 aromatic rings. The van der Waals surface area contributed by atoms with E-state index in [0.29, 0.717) is 17.2 Å². The minimum Gasteiger partial charge on any atom is -0.489 e. The summed E-state index contributed by atoms with van der Waals surface area (Å²) in [7, 11) is 0. The molecule has 2 N–H and O–H groups in total. The van der Waals surface area contributed by atoms with Crippen LogP contribution in [-0.4, -0.2) is 24.6 Å². The minimum absolute atomic E-state index is 0.165. The Morgan fingerprint density at radius 1 is 0.968 bits per heavy atom. The van der Waals surface area contributed by atoms with Gasteiger partial charge in [0.2, 0.25) is 0 Å². The summed E-state index contributed by atoms with van der Waals surface area (Å²) in [6.45, 7) is 2.21. The summed E-state index contributed by atoms with van der Waals surface area (Å²) < 4.78 is 5.73. The number of aryl methyl sites for hydroxylation is 1. The highest BCUT2D eigenvalue weighted by Gasteiger charge is 2.07. The van der Waals surface area contributed by atoms with Crippen molar-refractivity contribution in [1.82, 2.24) is 10.7 Å². The van der Waals surface area contributed by atoms with Crippen molar-refractivity contribution in [3.63, 3.8) is 0 Å². The van der Waals surface area contributed by atoms with E-state index in [-0.39, 0.29) is 12.5 Å². The molecule has 0 aromatic heterocycles. The second-order valence-electron chi connectivity index (χ2n) is 6.83. The number of nitrogens with zero attached hydrogens (tertiary/aromatic N) is 1. The summed E-state index contributed by atoms with van der Waals surface area (Å²) in [5, 5.41) is 7.15. The zero-order valence-electron chi connectivity index (χ0n) is 17.0. The molecule has 3 aromatic carbocycles. The van der Waals surface area contributed by atoms with Crippen LogP contribution in [0.15, 0.2) is 77.9 Å². The Bertz CT molecular complexity index is 1050. The highest BCUT2D eigenvalue weighted by molar-refractivity contribution is 6.30. The molecule has 0 saturated heterocycles. The van der Waals surface area contributed by atoms with Crippen LogP contribution >= 0.6 is 11.6 Å². The molecule has 0 aliphatic rings. The second-order valence-corrected chi connectivity index (χ2v) is 7.26. The highest BCUT2D eigenvalue weighted by atomic mass is 35.5. The first kappa shape index (κ1) is 22.1. The number of nitrogens with one attached hydrogen (secondary N) is 2. The van der Waals surface area contributed by atoms with Gasteiger partial charge in [0.05, 0.1) is 12.8 Å². The lowest BCUT2D eigenvalue weighted by Crippen LogP contribution is -2.34. The maximum absolute atomic E-state index is 12.0. The molecule has 6 nitrogen and oxygen atoms in total. The van der Waals surface area contributed by atoms with E-state index in [4.69, 9.17) is 16.3 Å². The summed E-state index contributed by atoms with van der Waals surface area (Å²) in [6.07, 6.45) is 1.52. The van der Waals surface area contributed by atoms with Gasteiger partial charge in [-0.05, 0) is 66.6 Å². The van der Waals surface area contributed by atoms with Gasteiger partial charge in [0.25, 0.3) is 11.8 Å². The van der Waals surface area contributed by atoms with Crippen LogP contribution in [0.25, 0.3) is 0 Å². The lowest BCUT2D eigenvalue weighted by atomic mass is 10.1. The van der Waals surface area contributed by atoms with Gasteiger partial charge in [-0.25, -0.2) is 5.43 Å². The van der Waals surface area contributed by atoms with E-state index in [1.54, 1.807) is 12.1 Å². The van der Waals surface area contributed by atoms with E-state index in [9.17, 15) is 9.59 Å². The molecule has 158 valence electrons. The molecule has 0 radical (unpaired) electrons. The van der Waals surface area contributed by atoms with Gasteiger partial charge in [-0.1, -0.05) is 41.4 Å². The standard InChI is InChI=1S/C24H22ClN3O3/c1-17-2-8-20(9-3-17)24(30)26-15-23(29)28-27-14-18-6-12-22(13-7-18)31-16-19-4-10-21(25)11-5-19/h2-14H,15-16H2,1H3,(H,26,30)(H,28,29). The van der Waals surface area contributed by atoms with Gasteiger partial charge < -0.3 is 10.1 Å². The molecular formula is C24H22ClN3O3. The van der Waals surface area contributed by atoms with E-state index in [0.717, 1.165) is 22.4 Å². The van der Waals surface area contributed by atoms with E-state index in [1.165, 1.54) is 6.21 Å². The number of halogens is 1. The molecule has 0 aliphatic carbocycles. The summed E-state index contributed by atoms with van der Waals surface area (Å²) in [5.41, 5.74) is 5.76. The predicted octanol–water partition coefficient (Wildman–Crippen LogP) is 4.11. The van der Waals surface area contributed by atoms with Gasteiger partial charge >= 0.3 is 0 Å². The molecule has 0 spiro atoms. The lowest BCUT2D eigenvalue weighted by Gasteiger charge is -2.06. The van der Waals surface area contributed by atoms with E-state index in [1.807, 2.05) is 67.6 Å². The molecule has 0 bridgehead atoms. The van der Waals surface area contributed by atoms with Crippen molar-refractivity contribution in [1.29, 1.82) is 0 Å². The fourth-order valence-corrected chi connectivity index (χ4v) is 2.71. The van der Waals surface area contributed by atoms with Crippen molar-refractivity contribution in [2.24, 2.45) is 5.10 Å². The van der Waals surface area contributed by atoms with Gasteiger partial charge in [-0.15, -0.1) is 0 Å². The van der Waals surface area contributed by atoms with Crippen molar-refractivity contribution in [2.45, 2.75) is 13.5 Å². The van der Waals surface area contributed by atoms with Crippen LogP contribution in [0.4, 0.5) is 0 Å². The van der Waals surface area contributed by atoms with Gasteiger partial charge in [0.15, 0.2) is 0 Å². The van der Waals surface area contributed by atoms with Crippen LogP contribution < -0.4 is 15.5 Å². The van der Waals surface area contributed by atoms with Crippen molar-refractivity contribution < 1.29 is 14.3 Å². The third-order valence-corrected chi connectivity index (χ3v) is 4.58. The summed E-state index contributed by atoms with van der Waals surface area (Å²) in [6, 6.07) is 21.9. The molecule has 0 fully saturated rings. The summed E-state index contributed by atoms with van der Waals surface area (Å²) in [5.74, 6) is -0.0112. The van der Waals surface area contributed by atoms with Gasteiger partial charge in [-0.2, -0.15) is 5.10 Å². The van der Waals surface area contributed by atoms with Crippen LogP contribution in [0.1, 0.15) is 27.0 Å². The molecular weight excluding hydrogens is 414 g/mol. The lowest BCUT2D eigenvalue weighted by molar-refractivity contribution is -0.120. The summed E-state index contributed by atoms with van der Waals surface area (Å²) in [4.78, 5) is 23.8. The third-order valence-electron chi connectivity index (χ3n) is 4.32. The molecule has 0 unspecified atom stereocenters. The quantitative estimate of drug-likeness (QED) is 0.413. The number of hydrazone groups is 1. The number of hydrogen-bond acceptors (Lipinski definition) is 4. The molecule has 2 amide bonds. The van der Waals surface area contributed by atoms with Gasteiger partial charge in [0, 0.05) is 10.6 Å². The zero-order chi connectivity index (χ0) is 22.1. The second kappa shape index (κ2) is 10.9. The molecule has 0 atom stereocenters. The Hall–Kier alpha value is -3.64. The Balaban J connectivity index is 1.40. The largest absolute Gasteiger partial charge is 0.489 e. The Kier molecular flexibility index (Phi) is 7.79. The molecule has 7 heteroatoms. The van der Waals surface area contributed by atoms with Crippen LogP contribution in [0.2, 0.25) is 5.02 Å². The first-order valence-electron chi connectivity index (χ1n) is 9.64. The smallest absolute Gasteiger partial charge is 0.259 e. The topological polar surface area (TPSA) is 79.8 Å². The van der Waals surface area contributed by atoms with Crippen LogP contribution in [0, 0.1) is 6.92 Å². The zero-order valence-corrected chi connectivity index (χ0v) is 17.7. The van der Waals surface area contributed by atoms with E-state index in [2.05, 4.69) is 15.8 Å². The average molecular weight is 436 g/mol. The fraction of sp³-hybridized carbons (Fsp3) is 0.125. The Morgan fingerprint density at radius 2 is 1.65 bits per heavy atom. The van der Waals surface area contributed by atoms with Crippen molar-refractivity contribution >= 4 is 29.6 Å². The fourth-order valence-electron chi connectivity index (χ4n) is 2.58. The maximum Gasteiger partial charge on any atom is 0.259 e. The number of ether oxygens (including phenoxy) is 1. The first-order chi connectivity index (χ1) is 15.0. The van der Waals surface area contributed by atoms with Gasteiger partial charge in [-0.3, -0.25) is 9.59 Å². The third kappa shape index (κ3) is 7.28. The maximum atomic E-state index is 12.0. The minimum atomic E-state index is -0.417. The van der Waals surface area contributed by atoms with Crippen molar-refractivity contribution in [3.8, 4) is 5.75 Å². The number of carbonyl (C=O) groups excluding carboxylic acids is 2. The highest BCUT2D eigenvalue weighted by Crippen LogP contribution is 2.15. The van der Waals surface area contributed by atoms with E-state index < -0.39 is 5.91 Å². The first-order valence-corrected chi connectivity index (χ1v) is 10.0. The number of rotatable bonds is 8. The van der Waals surface area contributed by atoms with Crippen molar-refractivity contribution in [2.75, 3.05) is 6.54 Å².